The number of fused-ring (bicyclic) bond motifs is 4. The lowest BCUT2D eigenvalue weighted by Gasteiger charge is -2.58. The summed E-state index contributed by atoms with van der Waals surface area (Å²) < 4.78 is 17.8. The zero-order valence-electron chi connectivity index (χ0n) is 18.0. The van der Waals surface area contributed by atoms with Crippen LogP contribution in [0.5, 0.6) is 11.5 Å². The van der Waals surface area contributed by atoms with Crippen LogP contribution in [0.4, 0.5) is 5.69 Å². The smallest absolute Gasteiger partial charge is 0.229 e. The van der Waals surface area contributed by atoms with Gasteiger partial charge in [-0.1, -0.05) is 11.6 Å². The van der Waals surface area contributed by atoms with Gasteiger partial charge in [-0.3, -0.25) is 9.69 Å². The number of rotatable bonds is 2. The maximum absolute atomic E-state index is 13.6. The van der Waals surface area contributed by atoms with Crippen LogP contribution < -0.4 is 14.4 Å². The van der Waals surface area contributed by atoms with Gasteiger partial charge in [-0.25, -0.2) is 0 Å². The number of carbonyl (C=O) groups excluding carboxylic acids is 1. The molecule has 8 atom stereocenters. The monoisotopic (exact) mass is 420 g/mol. The Morgan fingerprint density at radius 3 is 2.87 bits per heavy atom. The Morgan fingerprint density at radius 1 is 1.19 bits per heavy atom. The van der Waals surface area contributed by atoms with E-state index in [2.05, 4.69) is 28.0 Å². The van der Waals surface area contributed by atoms with Crippen LogP contribution in [0.15, 0.2) is 23.8 Å². The molecule has 2 aliphatic carbocycles. The first-order valence-corrected chi connectivity index (χ1v) is 11.8. The van der Waals surface area contributed by atoms with Crippen molar-refractivity contribution in [1.29, 1.82) is 0 Å². The first-order valence-electron chi connectivity index (χ1n) is 11.8. The zero-order chi connectivity index (χ0) is 20.6. The number of hydrogen-bond acceptors (Lipinski definition) is 5. The Morgan fingerprint density at radius 2 is 2.03 bits per heavy atom. The molecule has 7 aliphatic rings. The molecule has 0 radical (unpaired) electrons. The minimum absolute atomic E-state index is 0.00342. The minimum atomic E-state index is 0.00342. The second-order valence-corrected chi connectivity index (χ2v) is 10.6. The fraction of sp³-hybridized carbons (Fsp3) is 0.640. The van der Waals surface area contributed by atoms with Crippen LogP contribution in [0.3, 0.4) is 0 Å². The Kier molecular flexibility index (Phi) is 3.08. The van der Waals surface area contributed by atoms with Gasteiger partial charge in [-0.15, -0.1) is 0 Å². The SMILES string of the molecule is COc1cc2c(cc1OC)[C@]13CC[C@H]4C[C@H]1[C@@H]1[C@@H]5C(=CCO[C@@H]6CC(=O)N2[C@@H]3[C@H]56)CN41. The lowest BCUT2D eigenvalue weighted by atomic mass is 9.48. The fourth-order valence-corrected chi connectivity index (χ4v) is 9.31. The molecule has 1 spiro atoms. The van der Waals surface area contributed by atoms with Crippen LogP contribution in [-0.2, 0) is 14.9 Å². The maximum Gasteiger partial charge on any atom is 0.229 e. The molecule has 0 N–H and O–H groups in total. The minimum Gasteiger partial charge on any atom is -0.493 e. The summed E-state index contributed by atoms with van der Waals surface area (Å²) in [6, 6.07) is 5.76. The van der Waals surface area contributed by atoms with E-state index in [1.54, 1.807) is 19.8 Å². The normalized spacial score (nSPS) is 45.4. The summed E-state index contributed by atoms with van der Waals surface area (Å²) in [5.41, 5.74) is 3.99. The van der Waals surface area contributed by atoms with Crippen molar-refractivity contribution in [1.82, 2.24) is 4.90 Å². The number of benzene rings is 1. The second kappa shape index (κ2) is 5.46. The van der Waals surface area contributed by atoms with Crippen LogP contribution >= 0.6 is 0 Å². The molecular weight excluding hydrogens is 392 g/mol. The van der Waals surface area contributed by atoms with Crippen LogP contribution in [0.2, 0.25) is 0 Å². The highest BCUT2D eigenvalue weighted by Crippen LogP contribution is 2.71. The first-order chi connectivity index (χ1) is 15.2. The van der Waals surface area contributed by atoms with Gasteiger partial charge in [-0.05, 0) is 36.8 Å². The topological polar surface area (TPSA) is 51.2 Å². The van der Waals surface area contributed by atoms with E-state index in [0.717, 1.165) is 24.4 Å². The molecule has 5 fully saturated rings. The average Bonchev–Trinajstić information content (AvgIpc) is 3.36. The van der Waals surface area contributed by atoms with Crippen molar-refractivity contribution in [3.8, 4) is 11.5 Å². The van der Waals surface area contributed by atoms with Crippen molar-refractivity contribution in [2.75, 3.05) is 32.3 Å². The van der Waals surface area contributed by atoms with Gasteiger partial charge >= 0.3 is 0 Å². The highest BCUT2D eigenvalue weighted by Gasteiger charge is 2.75. The van der Waals surface area contributed by atoms with E-state index < -0.39 is 0 Å². The molecule has 3 saturated heterocycles. The van der Waals surface area contributed by atoms with E-state index >= 15 is 0 Å². The number of nitrogens with zero attached hydrogens (tertiary/aromatic N) is 2. The maximum atomic E-state index is 13.6. The van der Waals surface area contributed by atoms with Crippen molar-refractivity contribution in [3.05, 3.63) is 29.3 Å². The Balaban J connectivity index is 1.44. The highest BCUT2D eigenvalue weighted by molar-refractivity contribution is 5.99. The molecule has 1 aromatic carbocycles. The van der Waals surface area contributed by atoms with E-state index in [0.29, 0.717) is 48.6 Å². The molecule has 6 nitrogen and oxygen atoms in total. The molecule has 2 bridgehead atoms. The fourth-order valence-electron chi connectivity index (χ4n) is 9.31. The molecule has 162 valence electrons. The summed E-state index contributed by atoms with van der Waals surface area (Å²) in [5, 5.41) is 0. The van der Waals surface area contributed by atoms with Crippen molar-refractivity contribution in [2.45, 2.75) is 55.3 Å². The predicted molar refractivity (Wildman–Crippen MR) is 114 cm³/mol. The number of methoxy groups -OCH3 is 2. The lowest BCUT2D eigenvalue weighted by molar-refractivity contribution is -0.133. The van der Waals surface area contributed by atoms with Gasteiger partial charge in [0.25, 0.3) is 0 Å². The van der Waals surface area contributed by atoms with E-state index in [-0.39, 0.29) is 23.5 Å². The quantitative estimate of drug-likeness (QED) is 0.688. The molecule has 1 amide bonds. The predicted octanol–water partition coefficient (Wildman–Crippen LogP) is 2.50. The standard InChI is InChI=1S/C25H28N2O4/c1-29-17-8-14-16(9-18(17)30-2)27-20(28)10-19-22-21-12(4-6-31-19)11-26-13-3-5-25(14,24(22)27)15(7-13)23(21)26/h4,8-9,13,15,19,21-24H,3,5-7,10-11H2,1-2H3/t13-,15-,19+,21+,22-,23+,24+,25+/m0/s1. The van der Waals surface area contributed by atoms with Crippen LogP contribution in [0.25, 0.3) is 0 Å². The summed E-state index contributed by atoms with van der Waals surface area (Å²) in [7, 11) is 3.39. The van der Waals surface area contributed by atoms with Crippen LogP contribution in [0.1, 0.15) is 31.2 Å². The molecule has 31 heavy (non-hydrogen) atoms. The number of carbonyl (C=O) groups is 1. The van der Waals surface area contributed by atoms with E-state index in [1.807, 2.05) is 0 Å². The molecule has 5 aliphatic heterocycles. The molecule has 0 aromatic heterocycles. The largest absolute Gasteiger partial charge is 0.493 e. The number of piperidine rings is 1. The Hall–Kier alpha value is -2.05. The van der Waals surface area contributed by atoms with Gasteiger partial charge in [0.15, 0.2) is 11.5 Å². The summed E-state index contributed by atoms with van der Waals surface area (Å²) in [5.74, 6) is 3.21. The third kappa shape index (κ3) is 1.74. The molecule has 6 heteroatoms. The van der Waals surface area contributed by atoms with Crippen LogP contribution in [0, 0.1) is 17.8 Å². The average molecular weight is 421 g/mol. The molecule has 2 saturated carbocycles. The molecule has 1 aromatic rings. The molecular formula is C25H28N2O4. The van der Waals surface area contributed by atoms with Crippen LogP contribution in [-0.4, -0.2) is 62.4 Å². The molecule has 8 rings (SSSR count). The second-order valence-electron chi connectivity index (χ2n) is 10.6. The van der Waals surface area contributed by atoms with Gasteiger partial charge in [0.05, 0.1) is 45.1 Å². The summed E-state index contributed by atoms with van der Waals surface area (Å²) in [6.07, 6.45) is 6.51. The third-order valence-electron chi connectivity index (χ3n) is 10.1. The summed E-state index contributed by atoms with van der Waals surface area (Å²) in [6.45, 7) is 1.77. The van der Waals surface area contributed by atoms with E-state index in [1.165, 1.54) is 18.4 Å². The number of anilines is 1. The number of hydrogen-bond donors (Lipinski definition) is 0. The van der Waals surface area contributed by atoms with Crippen molar-refractivity contribution in [3.63, 3.8) is 0 Å². The summed E-state index contributed by atoms with van der Waals surface area (Å²) in [4.78, 5) is 18.7. The highest BCUT2D eigenvalue weighted by atomic mass is 16.5. The van der Waals surface area contributed by atoms with Gasteiger partial charge in [0.1, 0.15) is 0 Å². The Labute approximate surface area is 182 Å². The number of ether oxygens (including phenoxy) is 3. The summed E-state index contributed by atoms with van der Waals surface area (Å²) >= 11 is 0. The lowest BCUT2D eigenvalue weighted by Crippen LogP contribution is -2.68. The van der Waals surface area contributed by atoms with Crippen molar-refractivity contribution >= 4 is 11.6 Å². The van der Waals surface area contributed by atoms with Gasteiger partial charge in [0, 0.05) is 41.9 Å². The van der Waals surface area contributed by atoms with Crippen molar-refractivity contribution in [2.24, 2.45) is 17.8 Å². The zero-order valence-corrected chi connectivity index (χ0v) is 18.0. The van der Waals surface area contributed by atoms with Gasteiger partial charge in [0.2, 0.25) is 5.91 Å². The number of amides is 1. The van der Waals surface area contributed by atoms with E-state index in [4.69, 9.17) is 14.2 Å². The molecule has 0 unspecified atom stereocenters. The first kappa shape index (κ1) is 17.5. The third-order valence-corrected chi connectivity index (χ3v) is 10.1. The van der Waals surface area contributed by atoms with E-state index in [9.17, 15) is 4.79 Å². The Bertz CT molecular complexity index is 1070. The molecule has 5 heterocycles. The van der Waals surface area contributed by atoms with Crippen molar-refractivity contribution < 1.29 is 19.0 Å². The van der Waals surface area contributed by atoms with Gasteiger partial charge in [-0.2, -0.15) is 0 Å². The van der Waals surface area contributed by atoms with Gasteiger partial charge < -0.3 is 19.1 Å².